The average molecular weight is 652 g/mol. The Kier molecular flexibility index (Phi) is 8.52. The van der Waals surface area contributed by atoms with Crippen LogP contribution in [-0.4, -0.2) is 79.0 Å². The highest BCUT2D eigenvalue weighted by Crippen LogP contribution is 2.66. The van der Waals surface area contributed by atoms with Crippen LogP contribution in [0.25, 0.3) is 0 Å². The number of allylic oxidation sites excluding steroid dienone is 1. The van der Waals surface area contributed by atoms with Crippen molar-refractivity contribution in [1.82, 2.24) is 9.55 Å². The number of carbonyl (C=O) groups is 2. The summed E-state index contributed by atoms with van der Waals surface area (Å²) in [6.45, 7) is 2.85. The lowest BCUT2D eigenvalue weighted by atomic mass is 9.46. The number of nitrogen functional groups attached to an aromatic ring is 1. The Balaban J connectivity index is 1.06. The molecule has 1 aliphatic heterocycles. The average Bonchev–Trinajstić information content (AvgIpc) is 3.46. The van der Waals surface area contributed by atoms with E-state index in [1.165, 1.54) is 12.3 Å². The van der Waals surface area contributed by atoms with E-state index in [1.54, 1.807) is 6.08 Å². The van der Waals surface area contributed by atoms with Gasteiger partial charge in [0, 0.05) is 18.5 Å². The van der Waals surface area contributed by atoms with Gasteiger partial charge in [0.1, 0.15) is 30.7 Å². The Morgan fingerprint density at radius 2 is 1.91 bits per heavy atom. The van der Waals surface area contributed by atoms with Crippen LogP contribution in [-0.2, 0) is 27.9 Å². The lowest BCUT2D eigenvalue weighted by Crippen LogP contribution is -2.57. The number of hydrogen-bond donors (Lipinski definition) is 5. The third kappa shape index (κ3) is 5.67. The highest BCUT2D eigenvalue weighted by atomic mass is 31.2. The molecule has 5 aliphatic rings. The van der Waals surface area contributed by atoms with Crippen molar-refractivity contribution in [2.75, 3.05) is 18.9 Å². The van der Waals surface area contributed by atoms with Gasteiger partial charge in [-0.1, -0.05) is 19.4 Å². The maximum absolute atomic E-state index is 13.5. The monoisotopic (exact) mass is 651 g/mol. The van der Waals surface area contributed by atoms with Gasteiger partial charge in [-0.05, 0) is 79.3 Å². The first-order valence-electron chi connectivity index (χ1n) is 15.6. The Morgan fingerprint density at radius 3 is 2.64 bits per heavy atom. The number of phosphoric ester groups is 1. The molecule has 6 N–H and O–H groups in total. The molecule has 4 fully saturated rings. The minimum atomic E-state index is -4.79. The summed E-state index contributed by atoms with van der Waals surface area (Å²) in [5.41, 5.74) is 5.05. The predicted octanol–water partition coefficient (Wildman–Crippen LogP) is 1.27. The van der Waals surface area contributed by atoms with Crippen molar-refractivity contribution in [1.29, 1.82) is 0 Å². The minimum absolute atomic E-state index is 0.0148. The van der Waals surface area contributed by atoms with E-state index in [0.717, 1.165) is 35.8 Å². The molecule has 0 spiro atoms. The molecule has 1 aromatic rings. The summed E-state index contributed by atoms with van der Waals surface area (Å²) in [5, 5.41) is 32.4. The van der Waals surface area contributed by atoms with Gasteiger partial charge in [0.2, 0.25) is 0 Å². The van der Waals surface area contributed by atoms with Gasteiger partial charge in [0.25, 0.3) is 0 Å². The SMILES string of the molecule is C[C@]12C[C@H](O)[C@@H]3[C@H](CCC4=CC(=O)CC[C@@]43C)[C@H]1CC[C@H]2C(=O)COP(=O)(O)OC[C@@H]1O[C@@H](n2ccc(N)nc2=O)[C@H](O)[C@@H]1O. The van der Waals surface area contributed by atoms with Crippen molar-refractivity contribution < 1.29 is 48.2 Å². The largest absolute Gasteiger partial charge is 0.472 e. The molecule has 4 aliphatic carbocycles. The van der Waals surface area contributed by atoms with Crippen LogP contribution in [0.1, 0.15) is 65.0 Å². The number of Topliss-reactive ketones (excluding diaryl/α,β-unsaturated/α-hetero) is 1. The summed E-state index contributed by atoms with van der Waals surface area (Å²) in [7, 11) is -4.79. The molecule has 1 saturated heterocycles. The van der Waals surface area contributed by atoms with E-state index in [2.05, 4.69) is 11.9 Å². The number of phosphoric acid groups is 1. The third-order valence-corrected chi connectivity index (χ3v) is 12.4. The highest BCUT2D eigenvalue weighted by Gasteiger charge is 2.63. The Hall–Kier alpha value is -2.29. The van der Waals surface area contributed by atoms with Crippen LogP contribution in [0.5, 0.6) is 0 Å². The second-order valence-electron chi connectivity index (χ2n) is 13.9. The molecule has 0 bridgehead atoms. The fourth-order valence-electron chi connectivity index (χ4n) is 9.38. The van der Waals surface area contributed by atoms with Crippen LogP contribution in [0.3, 0.4) is 0 Å². The molecule has 2 heterocycles. The lowest BCUT2D eigenvalue weighted by Gasteiger charge is -2.59. The molecule has 0 amide bonds. The molecule has 15 heteroatoms. The molecular formula is C30H42N3O11P. The molecule has 12 atom stereocenters. The molecule has 45 heavy (non-hydrogen) atoms. The molecule has 3 saturated carbocycles. The number of aliphatic hydroxyl groups is 3. The van der Waals surface area contributed by atoms with Crippen LogP contribution in [0, 0.1) is 34.5 Å². The molecule has 14 nitrogen and oxygen atoms in total. The summed E-state index contributed by atoms with van der Waals surface area (Å²) < 4.78 is 29.3. The summed E-state index contributed by atoms with van der Waals surface area (Å²) in [4.78, 5) is 51.6. The summed E-state index contributed by atoms with van der Waals surface area (Å²) in [6, 6.07) is 1.31. The van der Waals surface area contributed by atoms with E-state index in [1.807, 2.05) is 6.92 Å². The van der Waals surface area contributed by atoms with Crippen molar-refractivity contribution in [3.8, 4) is 0 Å². The Bertz CT molecular complexity index is 1500. The van der Waals surface area contributed by atoms with E-state index in [-0.39, 0.29) is 40.6 Å². The number of anilines is 1. The van der Waals surface area contributed by atoms with E-state index >= 15 is 0 Å². The number of aromatic nitrogens is 2. The van der Waals surface area contributed by atoms with Crippen LogP contribution in [0.4, 0.5) is 5.82 Å². The van der Waals surface area contributed by atoms with Crippen LogP contribution in [0.2, 0.25) is 0 Å². The topological polar surface area (TPSA) is 221 Å². The number of ketones is 2. The fourth-order valence-corrected chi connectivity index (χ4v) is 10.1. The highest BCUT2D eigenvalue weighted by molar-refractivity contribution is 7.47. The quantitative estimate of drug-likeness (QED) is 0.250. The van der Waals surface area contributed by atoms with Crippen LogP contribution < -0.4 is 11.4 Å². The minimum Gasteiger partial charge on any atom is -0.393 e. The van der Waals surface area contributed by atoms with E-state index in [0.29, 0.717) is 19.3 Å². The van der Waals surface area contributed by atoms with Crippen molar-refractivity contribution in [3.63, 3.8) is 0 Å². The summed E-state index contributed by atoms with van der Waals surface area (Å²) in [5.74, 6) is -0.305. The molecule has 6 rings (SSSR count). The van der Waals surface area contributed by atoms with E-state index in [9.17, 15) is 39.2 Å². The van der Waals surface area contributed by atoms with Crippen molar-refractivity contribution in [3.05, 3.63) is 34.4 Å². The van der Waals surface area contributed by atoms with E-state index < -0.39 is 68.7 Å². The van der Waals surface area contributed by atoms with Crippen molar-refractivity contribution in [2.24, 2.45) is 34.5 Å². The summed E-state index contributed by atoms with van der Waals surface area (Å²) in [6.07, 6.45) is 1.26. The number of aliphatic hydroxyl groups excluding tert-OH is 3. The molecule has 1 unspecified atom stereocenters. The van der Waals surface area contributed by atoms with Gasteiger partial charge >= 0.3 is 13.5 Å². The fraction of sp³-hybridized carbons (Fsp3) is 0.733. The maximum Gasteiger partial charge on any atom is 0.472 e. The zero-order valence-electron chi connectivity index (χ0n) is 25.4. The first-order valence-corrected chi connectivity index (χ1v) is 17.1. The molecule has 248 valence electrons. The molecule has 0 radical (unpaired) electrons. The maximum atomic E-state index is 13.5. The number of rotatable bonds is 8. The van der Waals surface area contributed by atoms with Crippen LogP contribution in [0.15, 0.2) is 28.7 Å². The van der Waals surface area contributed by atoms with E-state index in [4.69, 9.17) is 19.5 Å². The van der Waals surface area contributed by atoms with Crippen molar-refractivity contribution >= 4 is 25.2 Å². The number of carbonyl (C=O) groups excluding carboxylic acids is 2. The van der Waals surface area contributed by atoms with Gasteiger partial charge in [-0.25, -0.2) is 9.36 Å². The van der Waals surface area contributed by atoms with Crippen molar-refractivity contribution in [2.45, 2.75) is 89.4 Å². The first-order chi connectivity index (χ1) is 21.1. The van der Waals surface area contributed by atoms with Gasteiger partial charge in [-0.3, -0.25) is 23.2 Å². The van der Waals surface area contributed by atoms with Gasteiger partial charge in [0.15, 0.2) is 17.8 Å². The standard InChI is InChI=1S/C30H42N3O11P/c1-29-9-7-16(34)11-15(29)3-4-17-18-5-6-19(30(18,2)12-20(35)24(17)29)21(36)13-42-45(40,41)43-14-22-25(37)26(38)27(44-22)33-10-8-23(31)32-28(33)39/h8,10-11,17-20,22,24-27,35,37-38H,3-7,9,12-14H2,1-2H3,(H,40,41)(H2,31,32,39)/t17-,18-,19+,20+,22+,24+,25-,26-,27-,29+,30+/m1/s1. The lowest BCUT2D eigenvalue weighted by molar-refractivity contribution is -0.146. The molecule has 1 aromatic heterocycles. The Labute approximate surface area is 260 Å². The number of fused-ring (bicyclic) bond motifs is 5. The van der Waals surface area contributed by atoms with Gasteiger partial charge in [0.05, 0.1) is 12.7 Å². The number of nitrogens with zero attached hydrogens (tertiary/aromatic N) is 2. The molecular weight excluding hydrogens is 609 g/mol. The smallest absolute Gasteiger partial charge is 0.393 e. The van der Waals surface area contributed by atoms with Gasteiger partial charge < -0.3 is 30.7 Å². The third-order valence-electron chi connectivity index (χ3n) is 11.5. The normalized spacial score (nSPS) is 42.3. The van der Waals surface area contributed by atoms with Gasteiger partial charge in [-0.15, -0.1) is 0 Å². The second-order valence-corrected chi connectivity index (χ2v) is 15.3. The number of nitrogens with two attached hydrogens (primary N) is 1. The first kappa shape index (κ1) is 32.6. The predicted molar refractivity (Wildman–Crippen MR) is 157 cm³/mol. The van der Waals surface area contributed by atoms with Gasteiger partial charge in [-0.2, -0.15) is 4.98 Å². The van der Waals surface area contributed by atoms with Crippen LogP contribution >= 0.6 is 7.82 Å². The number of ether oxygens (including phenoxy) is 1. The molecule has 0 aromatic carbocycles. The zero-order chi connectivity index (χ0) is 32.5. The number of hydrogen-bond acceptors (Lipinski definition) is 12. The zero-order valence-corrected chi connectivity index (χ0v) is 26.3. The summed E-state index contributed by atoms with van der Waals surface area (Å²) >= 11 is 0. The second kappa shape index (κ2) is 11.7. The Morgan fingerprint density at radius 1 is 1.16 bits per heavy atom.